The van der Waals surface area contributed by atoms with Crippen LogP contribution in [0, 0.1) is 0 Å². The molecule has 1 saturated heterocycles. The lowest BCUT2D eigenvalue weighted by Gasteiger charge is -2.41. The Morgan fingerprint density at radius 2 is 1.50 bits per heavy atom. The van der Waals surface area contributed by atoms with E-state index < -0.39 is 0 Å². The number of rotatable bonds is 5. The predicted molar refractivity (Wildman–Crippen MR) is 114 cm³/mol. The molecule has 138 valence electrons. The monoisotopic (exact) mass is 368 g/mol. The fourth-order valence-corrected chi connectivity index (χ4v) is 3.84. The highest BCUT2D eigenvalue weighted by atomic mass is 32.1. The van der Waals surface area contributed by atoms with Crippen molar-refractivity contribution in [3.05, 3.63) is 66.2 Å². The number of hydrogen-bond acceptors (Lipinski definition) is 3. The smallest absolute Gasteiger partial charge is 0.171 e. The topological polar surface area (TPSA) is 30.5 Å². The quantitative estimate of drug-likeness (QED) is 0.791. The molecule has 0 aromatic heterocycles. The molecule has 0 amide bonds. The highest BCUT2D eigenvalue weighted by Gasteiger charge is 2.28. The zero-order chi connectivity index (χ0) is 18.4. The van der Waals surface area contributed by atoms with Crippen LogP contribution in [0.2, 0.25) is 0 Å². The average molecular weight is 369 g/mol. The maximum Gasteiger partial charge on any atom is 0.171 e. The van der Waals surface area contributed by atoms with Crippen LogP contribution in [0.15, 0.2) is 60.7 Å². The standard InChI is InChI=1S/C21H28N4S/c1-17(22-21(26)23-19-11-7-4-8-12-19)20(18-9-5-3-6-10-18)25-15-13-24(2)14-16-25/h3-12,17,20H,13-16H2,1-2H3,(H2,22,23,26)/t17-,20+/m1/s1. The van der Waals surface area contributed by atoms with Crippen LogP contribution in [0.1, 0.15) is 18.5 Å². The highest BCUT2D eigenvalue weighted by Crippen LogP contribution is 2.25. The fraction of sp³-hybridized carbons (Fsp3) is 0.381. The minimum atomic E-state index is 0.199. The summed E-state index contributed by atoms with van der Waals surface area (Å²) in [6, 6.07) is 21.3. The van der Waals surface area contributed by atoms with E-state index in [1.165, 1.54) is 5.56 Å². The molecular formula is C21H28N4S. The van der Waals surface area contributed by atoms with E-state index >= 15 is 0 Å². The van der Waals surface area contributed by atoms with Gasteiger partial charge in [-0.3, -0.25) is 4.90 Å². The van der Waals surface area contributed by atoms with Gasteiger partial charge in [-0.25, -0.2) is 0 Å². The summed E-state index contributed by atoms with van der Waals surface area (Å²) in [5, 5.41) is 7.45. The van der Waals surface area contributed by atoms with Crippen LogP contribution in [0.3, 0.4) is 0 Å². The van der Waals surface area contributed by atoms with E-state index in [0.29, 0.717) is 11.2 Å². The second kappa shape index (κ2) is 9.12. The molecule has 1 aliphatic rings. The van der Waals surface area contributed by atoms with Crippen molar-refractivity contribution in [3.8, 4) is 0 Å². The second-order valence-electron chi connectivity index (χ2n) is 6.95. The lowest BCUT2D eigenvalue weighted by molar-refractivity contribution is 0.0973. The lowest BCUT2D eigenvalue weighted by atomic mass is 9.98. The molecule has 0 radical (unpaired) electrons. The van der Waals surface area contributed by atoms with Crippen molar-refractivity contribution in [1.29, 1.82) is 0 Å². The third kappa shape index (κ3) is 5.04. The van der Waals surface area contributed by atoms with Crippen molar-refractivity contribution < 1.29 is 0 Å². The van der Waals surface area contributed by atoms with Crippen LogP contribution in [-0.2, 0) is 0 Å². The van der Waals surface area contributed by atoms with Gasteiger partial charge >= 0.3 is 0 Å². The van der Waals surface area contributed by atoms with Gasteiger partial charge in [0.2, 0.25) is 0 Å². The predicted octanol–water partition coefficient (Wildman–Crippen LogP) is 3.35. The van der Waals surface area contributed by atoms with Crippen LogP contribution < -0.4 is 10.6 Å². The summed E-state index contributed by atoms with van der Waals surface area (Å²) in [6.07, 6.45) is 0. The zero-order valence-corrected chi connectivity index (χ0v) is 16.4. The first-order valence-electron chi connectivity index (χ1n) is 9.23. The molecule has 1 fully saturated rings. The van der Waals surface area contributed by atoms with Crippen molar-refractivity contribution in [3.63, 3.8) is 0 Å². The molecule has 0 aliphatic carbocycles. The van der Waals surface area contributed by atoms with Crippen molar-refractivity contribution in [2.45, 2.75) is 19.0 Å². The largest absolute Gasteiger partial charge is 0.358 e. The number of likely N-dealkylation sites (N-methyl/N-ethyl adjacent to an activating group) is 1. The van der Waals surface area contributed by atoms with E-state index in [-0.39, 0.29) is 6.04 Å². The Bertz CT molecular complexity index is 684. The number of para-hydroxylation sites is 1. The first-order chi connectivity index (χ1) is 12.6. The number of nitrogens with zero attached hydrogens (tertiary/aromatic N) is 2. The number of anilines is 1. The van der Waals surface area contributed by atoms with Crippen LogP contribution in [0.4, 0.5) is 5.69 Å². The van der Waals surface area contributed by atoms with Gasteiger partial charge in [-0.05, 0) is 43.9 Å². The molecule has 0 saturated carbocycles. The van der Waals surface area contributed by atoms with Gasteiger partial charge in [-0.2, -0.15) is 0 Å². The molecule has 3 rings (SSSR count). The minimum absolute atomic E-state index is 0.199. The van der Waals surface area contributed by atoms with Crippen molar-refractivity contribution in [2.75, 3.05) is 38.5 Å². The second-order valence-corrected chi connectivity index (χ2v) is 7.36. The van der Waals surface area contributed by atoms with E-state index in [4.69, 9.17) is 12.2 Å². The van der Waals surface area contributed by atoms with Crippen LogP contribution in [-0.4, -0.2) is 54.2 Å². The first kappa shape index (κ1) is 18.8. The molecule has 1 heterocycles. The first-order valence-corrected chi connectivity index (χ1v) is 9.64. The van der Waals surface area contributed by atoms with E-state index in [2.05, 4.69) is 64.7 Å². The minimum Gasteiger partial charge on any atom is -0.358 e. The summed E-state index contributed by atoms with van der Waals surface area (Å²) >= 11 is 5.55. The number of piperazine rings is 1. The molecule has 2 aromatic rings. The van der Waals surface area contributed by atoms with E-state index in [0.717, 1.165) is 31.9 Å². The van der Waals surface area contributed by atoms with E-state index in [1.807, 2.05) is 30.3 Å². The van der Waals surface area contributed by atoms with Gasteiger partial charge in [-0.1, -0.05) is 48.5 Å². The summed E-state index contributed by atoms with van der Waals surface area (Å²) in [4.78, 5) is 4.95. The molecule has 2 atom stereocenters. The van der Waals surface area contributed by atoms with Crippen LogP contribution in [0.5, 0.6) is 0 Å². The Kier molecular flexibility index (Phi) is 6.61. The van der Waals surface area contributed by atoms with Crippen molar-refractivity contribution in [2.24, 2.45) is 0 Å². The number of benzene rings is 2. The number of hydrogen-bond donors (Lipinski definition) is 2. The van der Waals surface area contributed by atoms with Crippen molar-refractivity contribution in [1.82, 2.24) is 15.1 Å². The fourth-order valence-electron chi connectivity index (χ4n) is 3.54. The van der Waals surface area contributed by atoms with Gasteiger partial charge in [0.15, 0.2) is 5.11 Å². The molecule has 0 spiro atoms. The maximum atomic E-state index is 5.55. The average Bonchev–Trinajstić information content (AvgIpc) is 2.65. The number of thiocarbonyl (C=S) groups is 1. The molecule has 0 bridgehead atoms. The van der Waals surface area contributed by atoms with E-state index in [9.17, 15) is 0 Å². The summed E-state index contributed by atoms with van der Waals surface area (Å²) in [6.45, 7) is 6.56. The third-order valence-corrected chi connectivity index (χ3v) is 5.16. The molecule has 2 aromatic carbocycles. The Labute approximate surface area is 162 Å². The van der Waals surface area contributed by atoms with Crippen molar-refractivity contribution >= 4 is 23.0 Å². The molecule has 1 aliphatic heterocycles. The Hall–Kier alpha value is -1.95. The molecule has 0 unspecified atom stereocenters. The van der Waals surface area contributed by atoms with Gasteiger partial charge in [0, 0.05) is 37.9 Å². The number of nitrogens with one attached hydrogen (secondary N) is 2. The third-order valence-electron chi connectivity index (χ3n) is 4.94. The Morgan fingerprint density at radius 1 is 0.923 bits per heavy atom. The molecule has 26 heavy (non-hydrogen) atoms. The normalized spacial score (nSPS) is 18.1. The van der Waals surface area contributed by atoms with Crippen LogP contribution >= 0.6 is 12.2 Å². The van der Waals surface area contributed by atoms with Gasteiger partial charge < -0.3 is 15.5 Å². The maximum absolute atomic E-state index is 5.55. The summed E-state index contributed by atoms with van der Waals surface area (Å²) in [5.74, 6) is 0. The van der Waals surface area contributed by atoms with Crippen LogP contribution in [0.25, 0.3) is 0 Å². The summed E-state index contributed by atoms with van der Waals surface area (Å²) in [5.41, 5.74) is 2.34. The Morgan fingerprint density at radius 3 is 2.12 bits per heavy atom. The molecule has 4 nitrogen and oxygen atoms in total. The highest BCUT2D eigenvalue weighted by molar-refractivity contribution is 7.80. The SMILES string of the molecule is C[C@@H](NC(=S)Nc1ccccc1)[C@@H](c1ccccc1)N1CCN(C)CC1. The lowest BCUT2D eigenvalue weighted by Crippen LogP contribution is -2.52. The molecule has 5 heteroatoms. The van der Waals surface area contributed by atoms with Gasteiger partial charge in [-0.15, -0.1) is 0 Å². The zero-order valence-electron chi connectivity index (χ0n) is 15.6. The van der Waals surface area contributed by atoms with E-state index in [1.54, 1.807) is 0 Å². The van der Waals surface area contributed by atoms with Gasteiger partial charge in [0.05, 0.1) is 6.04 Å². The molecule has 2 N–H and O–H groups in total. The summed E-state index contributed by atoms with van der Waals surface area (Å²) < 4.78 is 0. The van der Waals surface area contributed by atoms with Gasteiger partial charge in [0.1, 0.15) is 0 Å². The summed E-state index contributed by atoms with van der Waals surface area (Å²) in [7, 11) is 2.19. The Balaban J connectivity index is 1.70. The molecular weight excluding hydrogens is 340 g/mol. The van der Waals surface area contributed by atoms with Gasteiger partial charge in [0.25, 0.3) is 0 Å².